The molecule has 1 unspecified atom stereocenters. The number of halogens is 1. The second kappa shape index (κ2) is 7.11. The van der Waals surface area contributed by atoms with Crippen molar-refractivity contribution in [2.75, 3.05) is 13.1 Å². The lowest BCUT2D eigenvalue weighted by Gasteiger charge is -2.17. The monoisotopic (exact) mass is 330 g/mol. The van der Waals surface area contributed by atoms with Crippen molar-refractivity contribution in [2.45, 2.75) is 39.2 Å². The number of benzene rings is 1. The van der Waals surface area contributed by atoms with Crippen molar-refractivity contribution in [1.29, 1.82) is 0 Å². The normalized spacial score (nSPS) is 17.7. The third kappa shape index (κ3) is 3.80. The summed E-state index contributed by atoms with van der Waals surface area (Å²) >= 11 is 0. The molecule has 0 radical (unpaired) electrons. The van der Waals surface area contributed by atoms with Crippen LogP contribution in [0.15, 0.2) is 30.6 Å². The predicted octanol–water partition coefficient (Wildman–Crippen LogP) is 2.63. The minimum Gasteiger partial charge on any atom is -0.342 e. The number of aromatic nitrogens is 3. The number of carbonyl (C=O) groups is 1. The van der Waals surface area contributed by atoms with Crippen LogP contribution in [0.25, 0.3) is 0 Å². The van der Waals surface area contributed by atoms with E-state index in [4.69, 9.17) is 0 Å². The zero-order valence-corrected chi connectivity index (χ0v) is 14.2. The van der Waals surface area contributed by atoms with Crippen LogP contribution < -0.4 is 0 Å². The highest BCUT2D eigenvalue weighted by molar-refractivity contribution is 5.79. The Kier molecular flexibility index (Phi) is 4.92. The molecule has 0 spiro atoms. The number of carbonyl (C=O) groups excluding carboxylic acids is 1. The van der Waals surface area contributed by atoms with Crippen LogP contribution in [0.3, 0.4) is 0 Å². The molecular formula is C18H23FN4O. The molecule has 0 aliphatic carbocycles. The molecule has 24 heavy (non-hydrogen) atoms. The van der Waals surface area contributed by atoms with E-state index in [-0.39, 0.29) is 18.1 Å². The van der Waals surface area contributed by atoms with Crippen LogP contribution in [0.1, 0.15) is 37.7 Å². The average Bonchev–Trinajstić information content (AvgIpc) is 3.17. The van der Waals surface area contributed by atoms with Crippen molar-refractivity contribution >= 4 is 5.91 Å². The largest absolute Gasteiger partial charge is 0.342 e. The summed E-state index contributed by atoms with van der Waals surface area (Å²) in [4.78, 5) is 14.3. The minimum atomic E-state index is -0.298. The Hall–Kier alpha value is -2.24. The highest BCUT2D eigenvalue weighted by Gasteiger charge is 2.27. The molecule has 2 aromatic rings. The van der Waals surface area contributed by atoms with E-state index in [0.717, 1.165) is 37.3 Å². The maximum atomic E-state index is 13.2. The quantitative estimate of drug-likeness (QED) is 0.847. The highest BCUT2D eigenvalue weighted by Crippen LogP contribution is 2.22. The number of amides is 1. The third-order valence-electron chi connectivity index (χ3n) is 4.56. The lowest BCUT2D eigenvalue weighted by atomic mass is 10.0. The maximum Gasteiger partial charge on any atom is 0.227 e. The zero-order chi connectivity index (χ0) is 17.1. The molecule has 1 atom stereocenters. The first-order valence-corrected chi connectivity index (χ1v) is 8.43. The van der Waals surface area contributed by atoms with Crippen molar-refractivity contribution < 1.29 is 9.18 Å². The molecule has 1 saturated heterocycles. The first-order valence-electron chi connectivity index (χ1n) is 8.43. The van der Waals surface area contributed by atoms with Crippen LogP contribution in [-0.2, 0) is 17.6 Å². The first kappa shape index (κ1) is 16.6. The third-order valence-corrected chi connectivity index (χ3v) is 4.56. The number of rotatable bonds is 5. The minimum absolute atomic E-state index is 0.0634. The van der Waals surface area contributed by atoms with Gasteiger partial charge in [-0.15, -0.1) is 10.2 Å². The van der Waals surface area contributed by atoms with Gasteiger partial charge in [0.05, 0.1) is 6.42 Å². The van der Waals surface area contributed by atoms with Crippen LogP contribution in [0.5, 0.6) is 0 Å². The average molecular weight is 330 g/mol. The summed E-state index contributed by atoms with van der Waals surface area (Å²) in [6, 6.07) is 6.59. The first-order chi connectivity index (χ1) is 11.5. The second-order valence-electron chi connectivity index (χ2n) is 6.75. The Labute approximate surface area is 141 Å². The smallest absolute Gasteiger partial charge is 0.227 e. The van der Waals surface area contributed by atoms with Gasteiger partial charge in [-0.25, -0.2) is 4.39 Å². The fourth-order valence-electron chi connectivity index (χ4n) is 3.26. The lowest BCUT2D eigenvalue weighted by Crippen LogP contribution is -2.30. The van der Waals surface area contributed by atoms with Gasteiger partial charge in [-0.05, 0) is 43.9 Å². The zero-order valence-electron chi connectivity index (χ0n) is 14.2. The molecule has 0 bridgehead atoms. The summed E-state index contributed by atoms with van der Waals surface area (Å²) in [5.41, 5.74) is 0.725. The molecule has 6 heteroatoms. The predicted molar refractivity (Wildman–Crippen MR) is 88.9 cm³/mol. The number of hydrogen-bond acceptors (Lipinski definition) is 3. The van der Waals surface area contributed by atoms with Gasteiger partial charge in [0.2, 0.25) is 5.91 Å². The molecular weight excluding hydrogens is 307 g/mol. The van der Waals surface area contributed by atoms with Crippen LogP contribution in [0, 0.1) is 11.7 Å². The molecule has 1 aliphatic rings. The Morgan fingerprint density at radius 3 is 3.00 bits per heavy atom. The van der Waals surface area contributed by atoms with Crippen molar-refractivity contribution in [3.63, 3.8) is 0 Å². The highest BCUT2D eigenvalue weighted by atomic mass is 19.1. The van der Waals surface area contributed by atoms with E-state index in [0.29, 0.717) is 12.0 Å². The summed E-state index contributed by atoms with van der Waals surface area (Å²) in [5.74, 6) is 1.15. The van der Waals surface area contributed by atoms with E-state index in [9.17, 15) is 9.18 Å². The SMILES string of the molecule is CC(C)n1cnnc1CC1CCN(C(=O)Cc2cccc(F)c2)C1. The molecule has 1 aromatic heterocycles. The fourth-order valence-corrected chi connectivity index (χ4v) is 3.26. The van der Waals surface area contributed by atoms with Crippen LogP contribution in [0.4, 0.5) is 4.39 Å². The van der Waals surface area contributed by atoms with Gasteiger partial charge in [-0.1, -0.05) is 12.1 Å². The fraction of sp³-hybridized carbons (Fsp3) is 0.500. The molecule has 1 amide bonds. The van der Waals surface area contributed by atoms with Crippen molar-refractivity contribution in [3.8, 4) is 0 Å². The van der Waals surface area contributed by atoms with Crippen molar-refractivity contribution in [3.05, 3.63) is 47.8 Å². The van der Waals surface area contributed by atoms with E-state index in [1.807, 2.05) is 4.90 Å². The molecule has 0 N–H and O–H groups in total. The van der Waals surface area contributed by atoms with Gasteiger partial charge in [-0.2, -0.15) is 0 Å². The van der Waals surface area contributed by atoms with Gasteiger partial charge >= 0.3 is 0 Å². The van der Waals surface area contributed by atoms with Gasteiger partial charge in [-0.3, -0.25) is 4.79 Å². The topological polar surface area (TPSA) is 51.0 Å². The molecule has 0 saturated carbocycles. The number of likely N-dealkylation sites (tertiary alicyclic amines) is 1. The Morgan fingerprint density at radius 1 is 1.42 bits per heavy atom. The van der Waals surface area contributed by atoms with E-state index in [2.05, 4.69) is 28.6 Å². The van der Waals surface area contributed by atoms with E-state index in [1.165, 1.54) is 12.1 Å². The van der Waals surface area contributed by atoms with Gasteiger partial charge < -0.3 is 9.47 Å². The van der Waals surface area contributed by atoms with Gasteiger partial charge in [0.1, 0.15) is 18.0 Å². The number of hydrogen-bond donors (Lipinski definition) is 0. The standard InChI is InChI=1S/C18H23FN4O/c1-13(2)23-12-20-21-17(23)9-15-6-7-22(11-15)18(24)10-14-4-3-5-16(19)8-14/h3-5,8,12-13,15H,6-7,9-11H2,1-2H3. The van der Waals surface area contributed by atoms with E-state index in [1.54, 1.807) is 18.5 Å². The van der Waals surface area contributed by atoms with Gasteiger partial charge in [0.25, 0.3) is 0 Å². The molecule has 128 valence electrons. The second-order valence-corrected chi connectivity index (χ2v) is 6.75. The summed E-state index contributed by atoms with van der Waals surface area (Å²) in [6.07, 6.45) is 3.83. The molecule has 1 aliphatic heterocycles. The Morgan fingerprint density at radius 2 is 2.25 bits per heavy atom. The molecule has 1 aromatic carbocycles. The van der Waals surface area contributed by atoms with E-state index < -0.39 is 0 Å². The maximum absolute atomic E-state index is 13.2. The van der Waals surface area contributed by atoms with Crippen LogP contribution in [0.2, 0.25) is 0 Å². The molecule has 3 rings (SSSR count). The molecule has 1 fully saturated rings. The Bertz CT molecular complexity index is 713. The van der Waals surface area contributed by atoms with Crippen molar-refractivity contribution in [2.24, 2.45) is 5.92 Å². The number of nitrogens with zero attached hydrogens (tertiary/aromatic N) is 4. The molecule has 5 nitrogen and oxygen atoms in total. The van der Waals surface area contributed by atoms with Crippen LogP contribution >= 0.6 is 0 Å². The van der Waals surface area contributed by atoms with Crippen molar-refractivity contribution in [1.82, 2.24) is 19.7 Å². The van der Waals surface area contributed by atoms with Gasteiger partial charge in [0.15, 0.2) is 0 Å². The summed E-state index contributed by atoms with van der Waals surface area (Å²) in [7, 11) is 0. The summed E-state index contributed by atoms with van der Waals surface area (Å²) in [6.45, 7) is 5.71. The summed E-state index contributed by atoms with van der Waals surface area (Å²) in [5, 5.41) is 8.22. The Balaban J connectivity index is 1.57. The lowest BCUT2D eigenvalue weighted by molar-refractivity contribution is -0.129. The molecule has 2 heterocycles. The van der Waals surface area contributed by atoms with Crippen LogP contribution in [-0.4, -0.2) is 38.7 Å². The van der Waals surface area contributed by atoms with Gasteiger partial charge in [0, 0.05) is 25.6 Å². The van der Waals surface area contributed by atoms with E-state index >= 15 is 0 Å². The summed E-state index contributed by atoms with van der Waals surface area (Å²) < 4.78 is 15.3.